The number of nitrogens with zero attached hydrogens (tertiary/aromatic N) is 3. The van der Waals surface area contributed by atoms with E-state index in [-0.39, 0.29) is 12.0 Å². The summed E-state index contributed by atoms with van der Waals surface area (Å²) in [4.78, 5) is 19.4. The van der Waals surface area contributed by atoms with Gasteiger partial charge in [0.05, 0.1) is 32.8 Å². The molecule has 1 atom stereocenters. The number of amides is 1. The third kappa shape index (κ3) is 3.27. The summed E-state index contributed by atoms with van der Waals surface area (Å²) in [6, 6.07) is 15.5. The largest absolute Gasteiger partial charge is 0.471 e. The highest BCUT2D eigenvalue weighted by Gasteiger charge is 2.27. The lowest BCUT2D eigenvalue weighted by atomic mass is 10.1. The molecule has 1 aromatic carbocycles. The first kappa shape index (κ1) is 17.0. The van der Waals surface area contributed by atoms with Gasteiger partial charge in [0.2, 0.25) is 5.88 Å². The fraction of sp³-hybridized carbons (Fsp3) is 0.273. The van der Waals surface area contributed by atoms with Crippen molar-refractivity contribution in [3.8, 4) is 5.88 Å². The quantitative estimate of drug-likeness (QED) is 0.706. The number of pyridine rings is 1. The van der Waals surface area contributed by atoms with E-state index in [2.05, 4.69) is 15.6 Å². The van der Waals surface area contributed by atoms with E-state index in [9.17, 15) is 4.79 Å². The molecule has 2 aliphatic rings. The van der Waals surface area contributed by atoms with Gasteiger partial charge in [0.25, 0.3) is 5.91 Å². The average molecular weight is 375 g/mol. The van der Waals surface area contributed by atoms with Crippen LogP contribution < -0.4 is 4.74 Å². The Labute approximate surface area is 163 Å². The van der Waals surface area contributed by atoms with Crippen LogP contribution in [0.2, 0.25) is 0 Å². The molecule has 3 aromatic rings. The summed E-state index contributed by atoms with van der Waals surface area (Å²) < 4.78 is 13.7. The molecule has 0 saturated heterocycles. The molecule has 0 fully saturated rings. The molecule has 0 aliphatic carbocycles. The zero-order valence-corrected chi connectivity index (χ0v) is 15.5. The van der Waals surface area contributed by atoms with Crippen LogP contribution in [-0.4, -0.2) is 33.0 Å². The minimum absolute atomic E-state index is 0.0129. The Balaban J connectivity index is 1.42. The standard InChI is InChI=1S/C22H21N3O3/c26-22(16-6-7-17-14-27-15-18(17)10-16)25-11-19-4-3-9-24(19)12-20(13-25)28-21-5-1-2-8-23-21/h1-10,20H,11-15H2/t20-/m0/s1. The fourth-order valence-electron chi connectivity index (χ4n) is 3.86. The van der Waals surface area contributed by atoms with Crippen molar-refractivity contribution in [3.63, 3.8) is 0 Å². The molecule has 28 heavy (non-hydrogen) atoms. The Morgan fingerprint density at radius 2 is 2.00 bits per heavy atom. The summed E-state index contributed by atoms with van der Waals surface area (Å²) in [6.45, 7) is 2.94. The van der Waals surface area contributed by atoms with Gasteiger partial charge < -0.3 is 18.9 Å². The maximum atomic E-state index is 13.3. The van der Waals surface area contributed by atoms with Gasteiger partial charge in [-0.25, -0.2) is 4.98 Å². The predicted molar refractivity (Wildman–Crippen MR) is 103 cm³/mol. The van der Waals surface area contributed by atoms with Gasteiger partial charge in [-0.3, -0.25) is 4.79 Å². The summed E-state index contributed by atoms with van der Waals surface area (Å²) in [7, 11) is 0. The number of rotatable bonds is 3. The van der Waals surface area contributed by atoms with E-state index in [0.29, 0.717) is 44.3 Å². The third-order valence-corrected chi connectivity index (χ3v) is 5.28. The van der Waals surface area contributed by atoms with Crippen molar-refractivity contribution in [1.82, 2.24) is 14.5 Å². The summed E-state index contributed by atoms with van der Waals surface area (Å²) in [5.41, 5.74) is 4.06. The first-order valence-electron chi connectivity index (χ1n) is 9.47. The molecule has 6 heteroatoms. The molecule has 2 aliphatic heterocycles. The first-order valence-corrected chi connectivity index (χ1v) is 9.47. The van der Waals surface area contributed by atoms with Gasteiger partial charge >= 0.3 is 0 Å². The highest BCUT2D eigenvalue weighted by atomic mass is 16.5. The molecule has 142 valence electrons. The number of ether oxygens (including phenoxy) is 2. The second-order valence-corrected chi connectivity index (χ2v) is 7.22. The molecule has 0 saturated carbocycles. The number of aromatic nitrogens is 2. The Bertz CT molecular complexity index is 999. The van der Waals surface area contributed by atoms with Crippen LogP contribution in [0.4, 0.5) is 0 Å². The van der Waals surface area contributed by atoms with Crippen LogP contribution in [-0.2, 0) is 31.0 Å². The lowest BCUT2D eigenvalue weighted by Crippen LogP contribution is -2.38. The van der Waals surface area contributed by atoms with Crippen LogP contribution in [0.5, 0.6) is 5.88 Å². The summed E-state index contributed by atoms with van der Waals surface area (Å²) in [5.74, 6) is 0.587. The normalized spacial score (nSPS) is 18.3. The van der Waals surface area contributed by atoms with E-state index in [4.69, 9.17) is 9.47 Å². The summed E-state index contributed by atoms with van der Waals surface area (Å²) >= 11 is 0. The van der Waals surface area contributed by atoms with Crippen molar-refractivity contribution in [2.24, 2.45) is 0 Å². The highest BCUT2D eigenvalue weighted by Crippen LogP contribution is 2.23. The van der Waals surface area contributed by atoms with E-state index >= 15 is 0 Å². The number of carbonyl (C=O) groups excluding carboxylic acids is 1. The van der Waals surface area contributed by atoms with Crippen molar-refractivity contribution in [3.05, 3.63) is 83.3 Å². The Kier molecular flexibility index (Phi) is 4.33. The van der Waals surface area contributed by atoms with E-state index in [1.807, 2.05) is 53.6 Å². The molecule has 2 aromatic heterocycles. The molecule has 0 unspecified atom stereocenters. The van der Waals surface area contributed by atoms with Crippen LogP contribution in [0.15, 0.2) is 60.9 Å². The van der Waals surface area contributed by atoms with E-state index in [1.54, 1.807) is 6.20 Å². The van der Waals surface area contributed by atoms with Gasteiger partial charge in [-0.1, -0.05) is 12.1 Å². The molecular weight excluding hydrogens is 354 g/mol. The van der Waals surface area contributed by atoms with Crippen LogP contribution in [0, 0.1) is 0 Å². The Morgan fingerprint density at radius 3 is 2.89 bits per heavy atom. The number of fused-ring (bicyclic) bond motifs is 2. The molecule has 0 radical (unpaired) electrons. The number of benzene rings is 1. The van der Waals surface area contributed by atoms with Gasteiger partial charge in [-0.05, 0) is 41.5 Å². The minimum Gasteiger partial charge on any atom is -0.471 e. The zero-order chi connectivity index (χ0) is 18.9. The molecule has 0 N–H and O–H groups in total. The number of carbonyl (C=O) groups is 1. The number of hydrogen-bond donors (Lipinski definition) is 0. The lowest BCUT2D eigenvalue weighted by molar-refractivity contribution is 0.0646. The summed E-state index contributed by atoms with van der Waals surface area (Å²) in [6.07, 6.45) is 3.57. The van der Waals surface area contributed by atoms with E-state index in [1.165, 1.54) is 0 Å². The smallest absolute Gasteiger partial charge is 0.254 e. The highest BCUT2D eigenvalue weighted by molar-refractivity contribution is 5.94. The van der Waals surface area contributed by atoms with Crippen molar-refractivity contribution in [2.45, 2.75) is 32.4 Å². The average Bonchev–Trinajstić information content (AvgIpc) is 3.33. The zero-order valence-electron chi connectivity index (χ0n) is 15.5. The monoisotopic (exact) mass is 375 g/mol. The van der Waals surface area contributed by atoms with Gasteiger partial charge in [0.15, 0.2) is 0 Å². The van der Waals surface area contributed by atoms with Crippen LogP contribution in [0.3, 0.4) is 0 Å². The van der Waals surface area contributed by atoms with Crippen molar-refractivity contribution < 1.29 is 14.3 Å². The van der Waals surface area contributed by atoms with Crippen molar-refractivity contribution in [2.75, 3.05) is 6.54 Å². The molecular formula is C22H21N3O3. The third-order valence-electron chi connectivity index (χ3n) is 5.28. The topological polar surface area (TPSA) is 56.6 Å². The Hall–Kier alpha value is -3.12. The van der Waals surface area contributed by atoms with Crippen molar-refractivity contribution in [1.29, 1.82) is 0 Å². The van der Waals surface area contributed by atoms with Gasteiger partial charge in [-0.15, -0.1) is 0 Å². The molecule has 5 rings (SSSR count). The molecule has 0 bridgehead atoms. The van der Waals surface area contributed by atoms with Gasteiger partial charge in [0, 0.05) is 29.7 Å². The lowest BCUT2D eigenvalue weighted by Gasteiger charge is -2.25. The van der Waals surface area contributed by atoms with E-state index < -0.39 is 0 Å². The SMILES string of the molecule is O=C(c1ccc2c(c1)COC2)N1Cc2cccn2C[C@H](Oc2ccccn2)C1. The molecule has 1 amide bonds. The predicted octanol–water partition coefficient (Wildman–Crippen LogP) is 3.02. The number of hydrogen-bond acceptors (Lipinski definition) is 4. The van der Waals surface area contributed by atoms with Gasteiger partial charge in [0.1, 0.15) is 6.10 Å². The molecule has 0 spiro atoms. The second-order valence-electron chi connectivity index (χ2n) is 7.22. The Morgan fingerprint density at radius 1 is 1.07 bits per heavy atom. The molecule has 4 heterocycles. The maximum Gasteiger partial charge on any atom is 0.254 e. The van der Waals surface area contributed by atoms with Gasteiger partial charge in [-0.2, -0.15) is 0 Å². The summed E-state index contributed by atoms with van der Waals surface area (Å²) in [5, 5.41) is 0. The maximum absolute atomic E-state index is 13.3. The van der Waals surface area contributed by atoms with Crippen LogP contribution >= 0.6 is 0 Å². The molecule has 6 nitrogen and oxygen atoms in total. The second kappa shape index (κ2) is 7.13. The van der Waals surface area contributed by atoms with Crippen LogP contribution in [0.25, 0.3) is 0 Å². The van der Waals surface area contributed by atoms with E-state index in [0.717, 1.165) is 16.8 Å². The van der Waals surface area contributed by atoms with Crippen molar-refractivity contribution >= 4 is 5.91 Å². The minimum atomic E-state index is -0.176. The fourth-order valence-corrected chi connectivity index (χ4v) is 3.86. The van der Waals surface area contributed by atoms with Crippen LogP contribution in [0.1, 0.15) is 27.2 Å². The first-order chi connectivity index (χ1) is 13.8.